The molecule has 9 heteroatoms. The lowest BCUT2D eigenvalue weighted by Crippen LogP contribution is -2.49. The zero-order valence-electron chi connectivity index (χ0n) is 20.8. The van der Waals surface area contributed by atoms with Crippen molar-refractivity contribution in [3.05, 3.63) is 35.4 Å². The Morgan fingerprint density at radius 2 is 1.61 bits per heavy atom. The van der Waals surface area contributed by atoms with Gasteiger partial charge < -0.3 is 20.0 Å². The highest BCUT2D eigenvalue weighted by atomic mass is 16.5. The summed E-state index contributed by atoms with van der Waals surface area (Å²) in [5.41, 5.74) is 0.940. The van der Waals surface area contributed by atoms with Crippen LogP contribution in [0.15, 0.2) is 24.3 Å². The number of ether oxygens (including phenoxy) is 1. The van der Waals surface area contributed by atoms with Crippen molar-refractivity contribution in [3.8, 4) is 0 Å². The van der Waals surface area contributed by atoms with Crippen LogP contribution in [0, 0.1) is 5.92 Å². The van der Waals surface area contributed by atoms with Gasteiger partial charge >= 0.3 is 0 Å². The molecule has 0 fully saturated rings. The molecule has 1 heterocycles. The molecule has 0 saturated heterocycles. The molecule has 0 aromatic heterocycles. The fourth-order valence-corrected chi connectivity index (χ4v) is 2.92. The second kappa shape index (κ2) is 20.0. The highest BCUT2D eigenvalue weighted by Crippen LogP contribution is 2.13. The minimum atomic E-state index is -0.300. The number of rotatable bonds is 9. The van der Waals surface area contributed by atoms with Gasteiger partial charge in [0.25, 0.3) is 11.8 Å². The second-order valence-corrected chi connectivity index (χ2v) is 7.44. The van der Waals surface area contributed by atoms with E-state index in [4.69, 9.17) is 14.6 Å². The standard InChI is InChI=1S/C12H26N2O3.C8H5NO2.C3H8.CH2O.H2/c1-5-13-12(16)11(10(2)3)14(4)6-8-17-9-7-15;10-7-5-3-1-2-4-6(5)8(11)9-7;1-3-2;1-2;/h10-11,15H,5-9H2,1-4H3,(H,13,16);1-4H,(H,9,10,11);3H2,1-2H3;1H2;1H. The monoisotopic (exact) mass is 469 g/mol. The molecular weight excluding hydrogens is 426 g/mol. The Morgan fingerprint density at radius 1 is 1.12 bits per heavy atom. The molecule has 0 bridgehead atoms. The first-order valence-electron chi connectivity index (χ1n) is 11.1. The number of imide groups is 1. The predicted molar refractivity (Wildman–Crippen MR) is 131 cm³/mol. The van der Waals surface area contributed by atoms with Crippen molar-refractivity contribution < 1.29 is 30.4 Å². The molecular formula is C24H43N3O6. The first-order chi connectivity index (χ1) is 15.7. The Kier molecular flexibility index (Phi) is 19.8. The Labute approximate surface area is 199 Å². The van der Waals surface area contributed by atoms with Gasteiger partial charge in [0, 0.05) is 14.5 Å². The maximum Gasteiger partial charge on any atom is 0.258 e. The lowest BCUT2D eigenvalue weighted by Gasteiger charge is -2.29. The molecule has 0 spiro atoms. The molecule has 1 unspecified atom stereocenters. The average molecular weight is 470 g/mol. The third-order valence-electron chi connectivity index (χ3n) is 4.19. The molecule has 1 atom stereocenters. The van der Waals surface area contributed by atoms with Crippen LogP contribution in [0.1, 0.15) is 63.2 Å². The van der Waals surface area contributed by atoms with Gasteiger partial charge in [0.05, 0.1) is 37.0 Å². The molecule has 1 aromatic carbocycles. The fourth-order valence-electron chi connectivity index (χ4n) is 2.92. The lowest BCUT2D eigenvalue weighted by molar-refractivity contribution is -0.127. The molecule has 9 nitrogen and oxygen atoms in total. The third-order valence-corrected chi connectivity index (χ3v) is 4.19. The number of nitrogens with zero attached hydrogens (tertiary/aromatic N) is 1. The number of hydrogen-bond acceptors (Lipinski definition) is 7. The number of carbonyl (C=O) groups excluding carboxylic acids is 4. The summed E-state index contributed by atoms with van der Waals surface area (Å²) in [4.78, 5) is 43.8. The quantitative estimate of drug-likeness (QED) is 0.374. The van der Waals surface area contributed by atoms with Crippen LogP contribution in [-0.2, 0) is 14.3 Å². The zero-order valence-corrected chi connectivity index (χ0v) is 20.8. The van der Waals surface area contributed by atoms with Crippen LogP contribution in [0.25, 0.3) is 0 Å². The van der Waals surface area contributed by atoms with Crippen molar-refractivity contribution in [3.63, 3.8) is 0 Å². The minimum absolute atomic E-state index is 0. The predicted octanol–water partition coefficient (Wildman–Crippen LogP) is 2.14. The number of aliphatic hydroxyl groups excluding tert-OH is 1. The Balaban J connectivity index is -0.000000483. The topological polar surface area (TPSA) is 125 Å². The van der Waals surface area contributed by atoms with E-state index in [1.165, 1.54) is 6.42 Å². The van der Waals surface area contributed by atoms with Gasteiger partial charge in [-0.25, -0.2) is 0 Å². The lowest BCUT2D eigenvalue weighted by atomic mass is 10.0. The van der Waals surface area contributed by atoms with E-state index in [0.717, 1.165) is 0 Å². The molecule has 2 rings (SSSR count). The van der Waals surface area contributed by atoms with E-state index in [-0.39, 0.29) is 37.7 Å². The van der Waals surface area contributed by atoms with E-state index in [1.807, 2.05) is 39.5 Å². The number of benzene rings is 1. The first-order valence-corrected chi connectivity index (χ1v) is 11.1. The van der Waals surface area contributed by atoms with Gasteiger partial charge in [-0.2, -0.15) is 0 Å². The van der Waals surface area contributed by atoms with Crippen molar-refractivity contribution in [1.29, 1.82) is 0 Å². The number of aliphatic hydroxyl groups is 1. The molecule has 0 saturated carbocycles. The summed E-state index contributed by atoms with van der Waals surface area (Å²) < 4.78 is 5.20. The Bertz CT molecular complexity index is 670. The molecule has 3 N–H and O–H groups in total. The van der Waals surface area contributed by atoms with Crippen LogP contribution >= 0.6 is 0 Å². The third kappa shape index (κ3) is 12.9. The summed E-state index contributed by atoms with van der Waals surface area (Å²) in [5.74, 6) is -0.284. The van der Waals surface area contributed by atoms with Crippen LogP contribution in [0.5, 0.6) is 0 Å². The normalized spacial score (nSPS) is 12.3. The van der Waals surface area contributed by atoms with Gasteiger partial charge in [-0.05, 0) is 32.0 Å². The van der Waals surface area contributed by atoms with E-state index in [0.29, 0.717) is 37.4 Å². The number of amides is 3. The SMILES string of the molecule is C=O.CCC.CCNC(=O)C(C(C)C)N(C)CCOCCO.O=C1NC(=O)c2ccccc21.[HH]. The minimum Gasteiger partial charge on any atom is -0.394 e. The van der Waals surface area contributed by atoms with Crippen LogP contribution in [-0.4, -0.2) is 80.5 Å². The van der Waals surface area contributed by atoms with Crippen molar-refractivity contribution in [2.75, 3.05) is 40.0 Å². The molecule has 3 amide bonds. The number of carbonyl (C=O) groups is 4. The molecule has 0 radical (unpaired) electrons. The van der Waals surface area contributed by atoms with Gasteiger partial charge in [0.15, 0.2) is 0 Å². The Hall–Kier alpha value is -2.62. The van der Waals surface area contributed by atoms with E-state index in [2.05, 4.69) is 24.5 Å². The summed E-state index contributed by atoms with van der Waals surface area (Å²) in [5, 5.41) is 13.6. The summed E-state index contributed by atoms with van der Waals surface area (Å²) in [6.45, 7) is 14.5. The molecule has 1 aliphatic heterocycles. The van der Waals surface area contributed by atoms with E-state index < -0.39 is 0 Å². The van der Waals surface area contributed by atoms with Gasteiger partial charge in [-0.1, -0.05) is 46.2 Å². The van der Waals surface area contributed by atoms with Gasteiger partial charge in [-0.15, -0.1) is 0 Å². The number of likely N-dealkylation sites (N-methyl/N-ethyl adjacent to an activating group) is 2. The highest BCUT2D eigenvalue weighted by molar-refractivity contribution is 6.21. The van der Waals surface area contributed by atoms with E-state index >= 15 is 0 Å². The van der Waals surface area contributed by atoms with Crippen molar-refractivity contribution in [1.82, 2.24) is 15.5 Å². The number of nitrogens with one attached hydrogen (secondary N) is 2. The van der Waals surface area contributed by atoms with Crippen LogP contribution in [0.4, 0.5) is 0 Å². The van der Waals surface area contributed by atoms with Crippen molar-refractivity contribution in [2.24, 2.45) is 5.92 Å². The molecule has 1 aromatic rings. The van der Waals surface area contributed by atoms with Gasteiger partial charge in [-0.3, -0.25) is 24.6 Å². The fraction of sp³-hybridized carbons (Fsp3) is 0.583. The molecule has 190 valence electrons. The van der Waals surface area contributed by atoms with Gasteiger partial charge in [0.1, 0.15) is 6.79 Å². The van der Waals surface area contributed by atoms with E-state index in [1.54, 1.807) is 24.3 Å². The summed E-state index contributed by atoms with van der Waals surface area (Å²) in [7, 11) is 1.92. The van der Waals surface area contributed by atoms with Crippen molar-refractivity contribution >= 4 is 24.5 Å². The zero-order chi connectivity index (χ0) is 25.8. The largest absolute Gasteiger partial charge is 0.394 e. The summed E-state index contributed by atoms with van der Waals surface area (Å²) >= 11 is 0. The highest BCUT2D eigenvalue weighted by Gasteiger charge is 2.26. The van der Waals surface area contributed by atoms with Crippen LogP contribution in [0.2, 0.25) is 0 Å². The average Bonchev–Trinajstić information content (AvgIpc) is 3.08. The molecule has 1 aliphatic rings. The van der Waals surface area contributed by atoms with Crippen molar-refractivity contribution in [2.45, 2.75) is 47.1 Å². The summed E-state index contributed by atoms with van der Waals surface area (Å²) in [6.07, 6.45) is 1.25. The van der Waals surface area contributed by atoms with Crippen LogP contribution in [0.3, 0.4) is 0 Å². The Morgan fingerprint density at radius 3 is 2.00 bits per heavy atom. The smallest absolute Gasteiger partial charge is 0.258 e. The number of hydrogen-bond donors (Lipinski definition) is 3. The second-order valence-electron chi connectivity index (χ2n) is 7.44. The maximum absolute atomic E-state index is 11.9. The van der Waals surface area contributed by atoms with E-state index in [9.17, 15) is 14.4 Å². The summed E-state index contributed by atoms with van der Waals surface area (Å²) in [6, 6.07) is 6.60. The number of fused-ring (bicyclic) bond motifs is 1. The first kappa shape index (κ1) is 32.6. The van der Waals surface area contributed by atoms with Gasteiger partial charge in [0.2, 0.25) is 5.91 Å². The molecule has 33 heavy (non-hydrogen) atoms. The maximum atomic E-state index is 11.9. The molecule has 0 aliphatic carbocycles. The van der Waals surface area contributed by atoms with Crippen LogP contribution < -0.4 is 10.6 Å².